The Morgan fingerprint density at radius 1 is 1.00 bits per heavy atom. The van der Waals surface area contributed by atoms with Crippen LogP contribution in [-0.2, 0) is 19.9 Å². The minimum absolute atomic E-state index is 0. The highest BCUT2D eigenvalue weighted by atomic mass is 127. The number of aryl methyl sites for hydroxylation is 3. The van der Waals surface area contributed by atoms with Crippen LogP contribution in [0.15, 0.2) is 42.5 Å². The molecular weight excluding hydrogens is 432 g/mol. The molecular formula is C20H19FINO2. The fourth-order valence-corrected chi connectivity index (χ4v) is 3.26. The average Bonchev–Trinajstić information content (AvgIpc) is 3.02. The Balaban J connectivity index is 0.00000182. The summed E-state index contributed by atoms with van der Waals surface area (Å²) >= 11 is 0. The van der Waals surface area contributed by atoms with Crippen LogP contribution in [0, 0.1) is 12.7 Å². The second-order valence-corrected chi connectivity index (χ2v) is 6.21. The Labute approximate surface area is 163 Å². The summed E-state index contributed by atoms with van der Waals surface area (Å²) in [6.45, 7) is 2.38. The van der Waals surface area contributed by atoms with Crippen molar-refractivity contribution in [3.63, 3.8) is 0 Å². The molecule has 130 valence electrons. The Morgan fingerprint density at radius 3 is 2.40 bits per heavy atom. The highest BCUT2D eigenvalue weighted by molar-refractivity contribution is 5.87. The molecule has 0 aliphatic carbocycles. The first-order chi connectivity index (χ1) is 11.6. The van der Waals surface area contributed by atoms with Crippen molar-refractivity contribution in [2.24, 2.45) is 7.05 Å². The molecule has 3 aromatic rings. The van der Waals surface area contributed by atoms with Gasteiger partial charge in [0.1, 0.15) is 12.9 Å². The second kappa shape index (κ2) is 7.15. The lowest BCUT2D eigenvalue weighted by atomic mass is 10.0. The monoisotopic (exact) mass is 451 g/mol. The van der Waals surface area contributed by atoms with E-state index in [4.69, 9.17) is 9.47 Å². The number of hydrogen-bond donors (Lipinski definition) is 0. The fraction of sp³-hybridized carbons (Fsp3) is 0.250. The number of hydrogen-bond acceptors (Lipinski definition) is 2. The van der Waals surface area contributed by atoms with Crippen LogP contribution in [-0.4, -0.2) is 6.79 Å². The quantitative estimate of drug-likeness (QED) is 0.431. The van der Waals surface area contributed by atoms with E-state index in [1.165, 1.54) is 28.9 Å². The highest BCUT2D eigenvalue weighted by Crippen LogP contribution is 2.37. The van der Waals surface area contributed by atoms with Gasteiger partial charge in [-0.3, -0.25) is 0 Å². The standard InChI is InChI=1S/C20H19FNO2.HI/c1-13-9-15-10-19-20(24-12-23-19)11-17(15)18(22(13)2)8-5-14-3-6-16(21)7-4-14;/h3-4,6-7,9-11H,5,8,12H2,1-2H3;1H/q+1;/p-1. The lowest BCUT2D eigenvalue weighted by Gasteiger charge is -2.09. The number of nitrogens with zero attached hydrogens (tertiary/aromatic N) is 1. The van der Waals surface area contributed by atoms with Gasteiger partial charge in [0.15, 0.2) is 22.9 Å². The largest absolute Gasteiger partial charge is 1.00 e. The van der Waals surface area contributed by atoms with Gasteiger partial charge in [-0.2, -0.15) is 0 Å². The van der Waals surface area contributed by atoms with Gasteiger partial charge in [0.2, 0.25) is 6.79 Å². The summed E-state index contributed by atoms with van der Waals surface area (Å²) in [4.78, 5) is 0. The zero-order valence-electron chi connectivity index (χ0n) is 14.2. The molecule has 0 bridgehead atoms. The van der Waals surface area contributed by atoms with Crippen LogP contribution in [0.25, 0.3) is 10.8 Å². The molecule has 2 aromatic carbocycles. The minimum Gasteiger partial charge on any atom is -1.00 e. The van der Waals surface area contributed by atoms with Crippen LogP contribution < -0.4 is 38.0 Å². The smallest absolute Gasteiger partial charge is 0.231 e. The minimum atomic E-state index is -0.196. The maximum absolute atomic E-state index is 13.1. The van der Waals surface area contributed by atoms with Crippen molar-refractivity contribution in [2.45, 2.75) is 19.8 Å². The molecule has 0 saturated carbocycles. The maximum atomic E-state index is 13.1. The molecule has 0 amide bonds. The average molecular weight is 451 g/mol. The van der Waals surface area contributed by atoms with Gasteiger partial charge in [-0.05, 0) is 41.6 Å². The molecule has 0 saturated heterocycles. The van der Waals surface area contributed by atoms with E-state index in [-0.39, 0.29) is 36.6 Å². The van der Waals surface area contributed by atoms with Crippen LogP contribution in [0.4, 0.5) is 4.39 Å². The van der Waals surface area contributed by atoms with Gasteiger partial charge >= 0.3 is 0 Å². The van der Waals surface area contributed by atoms with Crippen LogP contribution >= 0.6 is 0 Å². The molecule has 25 heavy (non-hydrogen) atoms. The molecule has 1 aromatic heterocycles. The van der Waals surface area contributed by atoms with Crippen molar-refractivity contribution in [2.75, 3.05) is 6.79 Å². The number of fused-ring (bicyclic) bond motifs is 2. The van der Waals surface area contributed by atoms with Gasteiger partial charge < -0.3 is 33.5 Å². The summed E-state index contributed by atoms with van der Waals surface area (Å²) in [5, 5.41) is 2.33. The van der Waals surface area contributed by atoms with Crippen molar-refractivity contribution in [1.29, 1.82) is 0 Å². The Bertz CT molecular complexity index is 925. The topological polar surface area (TPSA) is 22.3 Å². The molecule has 1 aliphatic rings. The highest BCUT2D eigenvalue weighted by Gasteiger charge is 2.21. The number of rotatable bonds is 3. The lowest BCUT2D eigenvalue weighted by molar-refractivity contribution is -0.683. The van der Waals surface area contributed by atoms with E-state index in [1.54, 1.807) is 0 Å². The predicted molar refractivity (Wildman–Crippen MR) is 89.8 cm³/mol. The summed E-state index contributed by atoms with van der Waals surface area (Å²) in [5.74, 6) is 1.41. The molecule has 0 radical (unpaired) electrons. The van der Waals surface area contributed by atoms with Crippen LogP contribution in [0.5, 0.6) is 11.5 Å². The first-order valence-corrected chi connectivity index (χ1v) is 8.08. The Hall–Kier alpha value is -1.89. The normalized spacial score (nSPS) is 12.3. The molecule has 3 nitrogen and oxygen atoms in total. The number of benzene rings is 2. The molecule has 2 heterocycles. The number of halogens is 2. The Kier molecular flexibility index (Phi) is 5.13. The SMILES string of the molecule is Cc1cc2cc3c(cc2c(CCc2ccc(F)cc2)[n+]1C)OCO3.[I-]. The van der Waals surface area contributed by atoms with E-state index >= 15 is 0 Å². The van der Waals surface area contributed by atoms with E-state index < -0.39 is 0 Å². The summed E-state index contributed by atoms with van der Waals surface area (Å²) in [6.07, 6.45) is 1.74. The maximum Gasteiger partial charge on any atom is 0.231 e. The van der Waals surface area contributed by atoms with E-state index in [9.17, 15) is 4.39 Å². The zero-order valence-corrected chi connectivity index (χ0v) is 16.3. The number of aromatic nitrogens is 1. The van der Waals surface area contributed by atoms with Crippen LogP contribution in [0.2, 0.25) is 0 Å². The number of pyridine rings is 1. The molecule has 0 fully saturated rings. The van der Waals surface area contributed by atoms with E-state index in [0.717, 1.165) is 35.3 Å². The molecule has 0 unspecified atom stereocenters. The summed E-state index contributed by atoms with van der Waals surface area (Å²) in [5.41, 5.74) is 3.56. The summed E-state index contributed by atoms with van der Waals surface area (Å²) < 4.78 is 26.3. The van der Waals surface area contributed by atoms with E-state index in [0.29, 0.717) is 0 Å². The van der Waals surface area contributed by atoms with Gasteiger partial charge in [-0.25, -0.2) is 8.96 Å². The lowest BCUT2D eigenvalue weighted by Crippen LogP contribution is -3.00. The van der Waals surface area contributed by atoms with Crippen molar-refractivity contribution in [3.8, 4) is 11.5 Å². The molecule has 4 rings (SSSR count). The molecule has 0 atom stereocenters. The van der Waals surface area contributed by atoms with Crippen molar-refractivity contribution in [1.82, 2.24) is 0 Å². The third-order valence-electron chi connectivity index (χ3n) is 4.72. The summed E-state index contributed by atoms with van der Waals surface area (Å²) in [7, 11) is 2.08. The summed E-state index contributed by atoms with van der Waals surface area (Å²) in [6, 6.07) is 13.0. The third-order valence-corrected chi connectivity index (χ3v) is 4.72. The fourth-order valence-electron chi connectivity index (χ4n) is 3.26. The van der Waals surface area contributed by atoms with Gasteiger partial charge in [0.05, 0.1) is 5.39 Å². The third kappa shape index (κ3) is 3.42. The zero-order chi connectivity index (χ0) is 16.7. The number of ether oxygens (including phenoxy) is 2. The van der Waals surface area contributed by atoms with Crippen molar-refractivity contribution < 1.29 is 42.4 Å². The van der Waals surface area contributed by atoms with E-state index in [1.807, 2.05) is 18.2 Å². The van der Waals surface area contributed by atoms with Crippen molar-refractivity contribution in [3.05, 3.63) is 65.2 Å². The first-order valence-electron chi connectivity index (χ1n) is 8.08. The van der Waals surface area contributed by atoms with Gasteiger partial charge in [0.25, 0.3) is 0 Å². The molecule has 5 heteroatoms. The van der Waals surface area contributed by atoms with Gasteiger partial charge in [0, 0.05) is 19.4 Å². The van der Waals surface area contributed by atoms with Gasteiger partial charge in [-0.1, -0.05) is 12.1 Å². The Morgan fingerprint density at radius 2 is 1.68 bits per heavy atom. The van der Waals surface area contributed by atoms with Gasteiger partial charge in [-0.15, -0.1) is 0 Å². The molecule has 0 N–H and O–H groups in total. The van der Waals surface area contributed by atoms with Crippen molar-refractivity contribution >= 4 is 10.8 Å². The van der Waals surface area contributed by atoms with Crippen LogP contribution in [0.1, 0.15) is 17.0 Å². The first kappa shape index (κ1) is 17.9. The molecule has 0 spiro atoms. The second-order valence-electron chi connectivity index (χ2n) is 6.21. The predicted octanol–water partition coefficient (Wildman–Crippen LogP) is 0.630. The van der Waals surface area contributed by atoms with Crippen LogP contribution in [0.3, 0.4) is 0 Å². The molecule has 1 aliphatic heterocycles. The van der Waals surface area contributed by atoms with E-state index in [2.05, 4.69) is 30.7 Å².